The number of aromatic nitrogens is 2. The van der Waals surface area contributed by atoms with Gasteiger partial charge in [-0.15, -0.1) is 11.3 Å². The van der Waals surface area contributed by atoms with Gasteiger partial charge >= 0.3 is 0 Å². The van der Waals surface area contributed by atoms with Crippen molar-refractivity contribution in [1.82, 2.24) is 15.1 Å². The van der Waals surface area contributed by atoms with Gasteiger partial charge in [0, 0.05) is 29.8 Å². The summed E-state index contributed by atoms with van der Waals surface area (Å²) >= 11 is 1.62. The van der Waals surface area contributed by atoms with E-state index in [9.17, 15) is 4.79 Å². The van der Waals surface area contributed by atoms with Crippen molar-refractivity contribution in [3.8, 4) is 0 Å². The summed E-state index contributed by atoms with van der Waals surface area (Å²) < 4.78 is 7.81. The van der Waals surface area contributed by atoms with Crippen molar-refractivity contribution in [2.24, 2.45) is 7.05 Å². The van der Waals surface area contributed by atoms with Gasteiger partial charge < -0.3 is 10.1 Å². The van der Waals surface area contributed by atoms with E-state index < -0.39 is 0 Å². The first-order valence-corrected chi connectivity index (χ1v) is 8.82. The minimum atomic E-state index is -0.132. The fourth-order valence-corrected chi connectivity index (χ4v) is 3.98. The highest BCUT2D eigenvalue weighted by Crippen LogP contribution is 2.33. The molecule has 1 saturated heterocycles. The Kier molecular flexibility index (Phi) is 4.55. The van der Waals surface area contributed by atoms with Crippen molar-refractivity contribution < 1.29 is 9.53 Å². The van der Waals surface area contributed by atoms with Crippen LogP contribution in [-0.2, 0) is 16.6 Å². The summed E-state index contributed by atoms with van der Waals surface area (Å²) in [6.45, 7) is 6.66. The van der Waals surface area contributed by atoms with Gasteiger partial charge in [0.15, 0.2) is 0 Å². The zero-order chi connectivity index (χ0) is 16.6. The van der Waals surface area contributed by atoms with Crippen LogP contribution >= 0.6 is 11.3 Å². The molecule has 1 aliphatic heterocycles. The summed E-state index contributed by atoms with van der Waals surface area (Å²) in [4.78, 5) is 13.7. The lowest BCUT2D eigenvalue weighted by Gasteiger charge is -2.22. The molecular weight excluding hydrogens is 310 g/mol. The van der Waals surface area contributed by atoms with Crippen LogP contribution in [0, 0.1) is 13.8 Å². The Hall–Kier alpha value is -1.66. The number of thiophene rings is 1. The van der Waals surface area contributed by atoms with Crippen molar-refractivity contribution >= 4 is 17.2 Å². The first-order chi connectivity index (χ1) is 11.0. The molecule has 0 bridgehead atoms. The number of carbonyl (C=O) groups excluding carboxylic acids is 1. The Balaban J connectivity index is 1.76. The van der Waals surface area contributed by atoms with Crippen molar-refractivity contribution in [2.75, 3.05) is 6.61 Å². The van der Waals surface area contributed by atoms with Crippen LogP contribution in [0.2, 0.25) is 0 Å². The highest BCUT2D eigenvalue weighted by molar-refractivity contribution is 7.10. The zero-order valence-electron chi connectivity index (χ0n) is 14.0. The van der Waals surface area contributed by atoms with Crippen molar-refractivity contribution in [3.63, 3.8) is 0 Å². The van der Waals surface area contributed by atoms with Crippen molar-refractivity contribution in [1.29, 1.82) is 0 Å². The smallest absolute Gasteiger partial charge is 0.228 e. The SMILES string of the molecule is Cc1nn(C)c(C)c1[C@H]1OCC[C@@H]1NC(=O)[C@@H](C)c1cccs1. The largest absolute Gasteiger partial charge is 0.371 e. The maximum atomic E-state index is 12.6. The molecule has 2 aromatic heterocycles. The Morgan fingerprint density at radius 3 is 2.91 bits per heavy atom. The van der Waals surface area contributed by atoms with Gasteiger partial charge in [0.1, 0.15) is 6.10 Å². The first kappa shape index (κ1) is 16.2. The van der Waals surface area contributed by atoms with Gasteiger partial charge in [0.05, 0.1) is 17.7 Å². The second-order valence-corrected chi connectivity index (χ2v) is 7.12. The maximum Gasteiger partial charge on any atom is 0.228 e. The molecule has 23 heavy (non-hydrogen) atoms. The lowest BCUT2D eigenvalue weighted by Crippen LogP contribution is -2.39. The van der Waals surface area contributed by atoms with Crippen LogP contribution in [0.15, 0.2) is 17.5 Å². The molecule has 1 fully saturated rings. The van der Waals surface area contributed by atoms with E-state index in [1.54, 1.807) is 11.3 Å². The third-order valence-corrected chi connectivity index (χ3v) is 5.69. The number of ether oxygens (including phenoxy) is 1. The third-order valence-electron chi connectivity index (χ3n) is 4.63. The Bertz CT molecular complexity index is 693. The average Bonchev–Trinajstić information content (AvgIpc) is 3.22. The summed E-state index contributed by atoms with van der Waals surface area (Å²) in [6, 6.07) is 3.99. The quantitative estimate of drug-likeness (QED) is 0.936. The van der Waals surface area contributed by atoms with E-state index >= 15 is 0 Å². The minimum absolute atomic E-state index is 0.00603. The summed E-state index contributed by atoms with van der Waals surface area (Å²) in [5.41, 5.74) is 3.18. The van der Waals surface area contributed by atoms with Crippen LogP contribution in [0.1, 0.15) is 47.2 Å². The average molecular weight is 333 g/mol. The number of hydrogen-bond acceptors (Lipinski definition) is 4. The van der Waals surface area contributed by atoms with Crippen molar-refractivity contribution in [2.45, 2.75) is 45.3 Å². The molecule has 0 spiro atoms. The molecule has 1 N–H and O–H groups in total. The molecule has 5 nitrogen and oxygen atoms in total. The predicted molar refractivity (Wildman–Crippen MR) is 90.7 cm³/mol. The fraction of sp³-hybridized carbons (Fsp3) is 0.529. The molecule has 3 rings (SSSR count). The van der Waals surface area contributed by atoms with Crippen LogP contribution in [0.3, 0.4) is 0 Å². The lowest BCUT2D eigenvalue weighted by atomic mass is 9.99. The monoisotopic (exact) mass is 333 g/mol. The fourth-order valence-electron chi connectivity index (χ4n) is 3.20. The Labute approximate surface area is 140 Å². The zero-order valence-corrected chi connectivity index (χ0v) is 14.8. The number of rotatable bonds is 4. The molecule has 2 aromatic rings. The van der Waals surface area contributed by atoms with Crippen LogP contribution in [0.5, 0.6) is 0 Å². The molecule has 3 heterocycles. The molecule has 1 amide bonds. The molecule has 3 atom stereocenters. The summed E-state index contributed by atoms with van der Waals surface area (Å²) in [6.07, 6.45) is 0.727. The van der Waals surface area contributed by atoms with Crippen LogP contribution in [-0.4, -0.2) is 28.3 Å². The highest BCUT2D eigenvalue weighted by Gasteiger charge is 2.35. The van der Waals surface area contributed by atoms with E-state index in [1.807, 2.05) is 50.0 Å². The van der Waals surface area contributed by atoms with Crippen molar-refractivity contribution in [3.05, 3.63) is 39.3 Å². The Morgan fingerprint density at radius 1 is 1.52 bits per heavy atom. The molecule has 0 unspecified atom stereocenters. The van der Waals surface area contributed by atoms with Gasteiger partial charge in [0.25, 0.3) is 0 Å². The third kappa shape index (κ3) is 3.05. The number of carbonyl (C=O) groups is 1. The summed E-state index contributed by atoms with van der Waals surface area (Å²) in [5, 5.41) is 9.66. The van der Waals surface area contributed by atoms with E-state index in [2.05, 4.69) is 10.4 Å². The number of nitrogens with one attached hydrogen (secondary N) is 1. The second-order valence-electron chi connectivity index (χ2n) is 6.14. The van der Waals surface area contributed by atoms with E-state index in [4.69, 9.17) is 4.74 Å². The standard InChI is InChI=1S/C17H23N3O2S/c1-10(14-6-5-9-23-14)17(21)18-13-7-8-22-16(13)15-11(2)19-20(4)12(15)3/h5-6,9-10,13,16H,7-8H2,1-4H3,(H,18,21)/t10-,13-,16-/m0/s1. The lowest BCUT2D eigenvalue weighted by molar-refractivity contribution is -0.123. The topological polar surface area (TPSA) is 56.1 Å². The van der Waals surface area contributed by atoms with E-state index in [-0.39, 0.29) is 24.0 Å². The van der Waals surface area contributed by atoms with Crippen LogP contribution in [0.4, 0.5) is 0 Å². The molecule has 0 radical (unpaired) electrons. The normalized spacial score (nSPS) is 22.3. The van der Waals surface area contributed by atoms with Gasteiger partial charge in [0.2, 0.25) is 5.91 Å². The molecule has 1 aliphatic rings. The molecular formula is C17H23N3O2S. The minimum Gasteiger partial charge on any atom is -0.371 e. The highest BCUT2D eigenvalue weighted by atomic mass is 32.1. The Morgan fingerprint density at radius 2 is 2.30 bits per heavy atom. The summed E-state index contributed by atoms with van der Waals surface area (Å²) in [5.74, 6) is -0.0699. The maximum absolute atomic E-state index is 12.6. The molecule has 0 aliphatic carbocycles. The van der Waals surface area contributed by atoms with Gasteiger partial charge in [-0.3, -0.25) is 9.48 Å². The second kappa shape index (κ2) is 6.45. The predicted octanol–water partition coefficient (Wildman–Crippen LogP) is 2.85. The number of hydrogen-bond donors (Lipinski definition) is 1. The van der Waals surface area contributed by atoms with Gasteiger partial charge in [-0.1, -0.05) is 6.07 Å². The number of nitrogens with zero attached hydrogens (tertiary/aromatic N) is 2. The molecule has 0 saturated carbocycles. The van der Waals surface area contributed by atoms with E-state index in [0.29, 0.717) is 6.61 Å². The van der Waals surface area contributed by atoms with E-state index in [1.165, 1.54) is 0 Å². The van der Waals surface area contributed by atoms with Gasteiger partial charge in [-0.25, -0.2) is 0 Å². The van der Waals surface area contributed by atoms with Crippen LogP contribution in [0.25, 0.3) is 0 Å². The molecule has 124 valence electrons. The molecule has 0 aromatic carbocycles. The summed E-state index contributed by atoms with van der Waals surface area (Å²) in [7, 11) is 1.94. The van der Waals surface area contributed by atoms with Gasteiger partial charge in [-0.05, 0) is 38.6 Å². The first-order valence-electron chi connectivity index (χ1n) is 7.94. The van der Waals surface area contributed by atoms with E-state index in [0.717, 1.165) is 28.2 Å². The number of aryl methyl sites for hydroxylation is 2. The van der Waals surface area contributed by atoms with Crippen LogP contribution < -0.4 is 5.32 Å². The van der Waals surface area contributed by atoms with Gasteiger partial charge in [-0.2, -0.15) is 5.10 Å². The molecule has 6 heteroatoms. The number of amides is 1.